The molecule has 0 saturated heterocycles. The van der Waals surface area contributed by atoms with Gasteiger partial charge in [0.1, 0.15) is 0 Å². The maximum absolute atomic E-state index is 12.1. The van der Waals surface area contributed by atoms with Crippen molar-refractivity contribution in [2.75, 3.05) is 0 Å². The molecule has 0 unspecified atom stereocenters. The Morgan fingerprint density at radius 2 is 1.52 bits per heavy atom. The number of amides is 1. The highest BCUT2D eigenvalue weighted by molar-refractivity contribution is 5.96. The molecule has 0 fully saturated rings. The highest BCUT2D eigenvalue weighted by Gasteiger charge is 2.37. The largest absolute Gasteiger partial charge is 0.445 e. The number of benzene rings is 3. The minimum atomic E-state index is -0.988. The van der Waals surface area contributed by atoms with E-state index in [-0.39, 0.29) is 23.1 Å². The zero-order valence-electron chi connectivity index (χ0n) is 15.6. The van der Waals surface area contributed by atoms with Gasteiger partial charge in [-0.05, 0) is 29.3 Å². The summed E-state index contributed by atoms with van der Waals surface area (Å²) in [7, 11) is 0. The quantitative estimate of drug-likeness (QED) is 0.487. The standard InChI is InChI=1S/C22H17N3O4/c1-15(26)24-22(19-9-5-6-10-20(19)25(27)28)29-21(23-24)18-13-11-17(12-14-18)16-7-3-2-4-8-16/h2-14,22H,1H3/t22-/m0/s1. The first-order chi connectivity index (χ1) is 14.0. The Balaban J connectivity index is 1.65. The van der Waals surface area contributed by atoms with E-state index in [1.807, 2.05) is 54.6 Å². The van der Waals surface area contributed by atoms with Gasteiger partial charge in [-0.15, -0.1) is 5.10 Å². The molecule has 0 aliphatic carbocycles. The van der Waals surface area contributed by atoms with Crippen molar-refractivity contribution in [2.45, 2.75) is 13.2 Å². The van der Waals surface area contributed by atoms with E-state index < -0.39 is 11.2 Å². The number of rotatable bonds is 4. The fourth-order valence-corrected chi connectivity index (χ4v) is 3.18. The number of hydrogen-bond acceptors (Lipinski definition) is 5. The molecule has 4 rings (SSSR count). The first kappa shape index (κ1) is 18.4. The van der Waals surface area contributed by atoms with Gasteiger partial charge in [0.05, 0.1) is 10.5 Å². The predicted octanol–water partition coefficient (Wildman–Crippen LogP) is 4.50. The molecule has 1 aliphatic heterocycles. The Hall–Kier alpha value is -4.00. The molecule has 3 aromatic carbocycles. The molecule has 29 heavy (non-hydrogen) atoms. The summed E-state index contributed by atoms with van der Waals surface area (Å²) in [5.74, 6) is -0.132. The van der Waals surface area contributed by atoms with Crippen LogP contribution in [0.25, 0.3) is 11.1 Å². The number of nitro groups is 1. The van der Waals surface area contributed by atoms with Crippen molar-refractivity contribution in [3.63, 3.8) is 0 Å². The maximum Gasteiger partial charge on any atom is 0.278 e. The number of para-hydroxylation sites is 1. The van der Waals surface area contributed by atoms with E-state index in [2.05, 4.69) is 5.10 Å². The van der Waals surface area contributed by atoms with Gasteiger partial charge < -0.3 is 4.74 Å². The fraction of sp³-hybridized carbons (Fsp3) is 0.0909. The van der Waals surface area contributed by atoms with Crippen LogP contribution in [0.1, 0.15) is 24.3 Å². The van der Waals surface area contributed by atoms with E-state index in [4.69, 9.17) is 4.74 Å². The molecule has 0 saturated carbocycles. The average Bonchev–Trinajstić information content (AvgIpc) is 3.20. The Morgan fingerprint density at radius 3 is 2.17 bits per heavy atom. The molecule has 1 amide bonds. The van der Waals surface area contributed by atoms with Crippen molar-refractivity contribution in [1.29, 1.82) is 0 Å². The molecule has 144 valence electrons. The second-order valence-corrected chi connectivity index (χ2v) is 6.50. The van der Waals surface area contributed by atoms with Crippen LogP contribution in [0.4, 0.5) is 5.69 Å². The molecule has 1 aliphatic rings. The van der Waals surface area contributed by atoms with Crippen LogP contribution in [0.15, 0.2) is 84.0 Å². The van der Waals surface area contributed by atoms with E-state index in [9.17, 15) is 14.9 Å². The highest BCUT2D eigenvalue weighted by Crippen LogP contribution is 2.35. The van der Waals surface area contributed by atoms with Crippen molar-refractivity contribution >= 4 is 17.5 Å². The van der Waals surface area contributed by atoms with Crippen LogP contribution < -0.4 is 0 Å². The lowest BCUT2D eigenvalue weighted by Gasteiger charge is -2.19. The van der Waals surface area contributed by atoms with Crippen LogP contribution in [0, 0.1) is 10.1 Å². The third-order valence-electron chi connectivity index (χ3n) is 4.61. The fourth-order valence-electron chi connectivity index (χ4n) is 3.18. The monoisotopic (exact) mass is 387 g/mol. The number of carbonyl (C=O) groups excluding carboxylic acids is 1. The molecule has 1 heterocycles. The SMILES string of the molecule is CC(=O)N1N=C(c2ccc(-c3ccccc3)cc2)O[C@H]1c1ccccc1[N+](=O)[O-]. The third kappa shape index (κ3) is 3.58. The van der Waals surface area contributed by atoms with Crippen LogP contribution in [0.5, 0.6) is 0 Å². The average molecular weight is 387 g/mol. The second-order valence-electron chi connectivity index (χ2n) is 6.50. The minimum absolute atomic E-state index is 0.125. The third-order valence-corrected chi connectivity index (χ3v) is 4.61. The second kappa shape index (κ2) is 7.55. The molecular weight excluding hydrogens is 370 g/mol. The molecule has 3 aromatic rings. The van der Waals surface area contributed by atoms with E-state index in [1.54, 1.807) is 18.2 Å². The van der Waals surface area contributed by atoms with Crippen LogP contribution in [-0.4, -0.2) is 21.7 Å². The number of hydrogen-bond donors (Lipinski definition) is 0. The molecule has 0 bridgehead atoms. The zero-order chi connectivity index (χ0) is 20.4. The highest BCUT2D eigenvalue weighted by atomic mass is 16.6. The maximum atomic E-state index is 12.1. The van der Waals surface area contributed by atoms with Gasteiger partial charge in [-0.3, -0.25) is 14.9 Å². The van der Waals surface area contributed by atoms with Gasteiger partial charge in [-0.1, -0.05) is 54.6 Å². The molecule has 7 nitrogen and oxygen atoms in total. The summed E-state index contributed by atoms with van der Waals surface area (Å²) >= 11 is 0. The number of nitrogens with zero attached hydrogens (tertiary/aromatic N) is 3. The molecule has 0 radical (unpaired) electrons. The van der Waals surface area contributed by atoms with E-state index in [0.29, 0.717) is 5.56 Å². The number of ether oxygens (including phenoxy) is 1. The van der Waals surface area contributed by atoms with Crippen LogP contribution in [-0.2, 0) is 9.53 Å². The van der Waals surface area contributed by atoms with Crippen LogP contribution in [0.3, 0.4) is 0 Å². The Bertz CT molecular complexity index is 1090. The van der Waals surface area contributed by atoms with Gasteiger partial charge in [-0.25, -0.2) is 0 Å². The Kier molecular flexibility index (Phi) is 4.78. The van der Waals surface area contributed by atoms with Crippen molar-refractivity contribution in [2.24, 2.45) is 5.10 Å². The van der Waals surface area contributed by atoms with Gasteiger partial charge >= 0.3 is 0 Å². The summed E-state index contributed by atoms with van der Waals surface area (Å²) in [5, 5.41) is 16.8. The lowest BCUT2D eigenvalue weighted by molar-refractivity contribution is -0.386. The Labute approximate surface area is 167 Å². The summed E-state index contributed by atoms with van der Waals surface area (Å²) in [6.07, 6.45) is -0.988. The summed E-state index contributed by atoms with van der Waals surface area (Å²) in [4.78, 5) is 23.0. The van der Waals surface area contributed by atoms with Crippen LogP contribution in [0.2, 0.25) is 0 Å². The van der Waals surface area contributed by atoms with E-state index >= 15 is 0 Å². The lowest BCUT2D eigenvalue weighted by atomic mass is 10.0. The smallest absolute Gasteiger partial charge is 0.278 e. The first-order valence-corrected chi connectivity index (χ1v) is 8.99. The summed E-state index contributed by atoms with van der Waals surface area (Å²) in [6, 6.07) is 23.7. The predicted molar refractivity (Wildman–Crippen MR) is 108 cm³/mol. The van der Waals surface area contributed by atoms with Crippen LogP contribution >= 0.6 is 0 Å². The topological polar surface area (TPSA) is 85.0 Å². The normalized spacial score (nSPS) is 15.6. The lowest BCUT2D eigenvalue weighted by Crippen LogP contribution is -2.25. The van der Waals surface area contributed by atoms with Crippen molar-refractivity contribution in [1.82, 2.24) is 5.01 Å². The summed E-state index contributed by atoms with van der Waals surface area (Å²) < 4.78 is 5.89. The van der Waals surface area contributed by atoms with Gasteiger partial charge in [0.15, 0.2) is 0 Å². The summed E-state index contributed by atoms with van der Waals surface area (Å²) in [5.41, 5.74) is 2.94. The van der Waals surface area contributed by atoms with Gasteiger partial charge in [-0.2, -0.15) is 5.01 Å². The summed E-state index contributed by atoms with van der Waals surface area (Å²) in [6.45, 7) is 1.34. The number of nitro benzene ring substituents is 1. The minimum Gasteiger partial charge on any atom is -0.445 e. The first-order valence-electron chi connectivity index (χ1n) is 8.99. The molecule has 1 atom stereocenters. The molecule has 0 aromatic heterocycles. The van der Waals surface area contributed by atoms with Crippen molar-refractivity contribution in [3.8, 4) is 11.1 Å². The van der Waals surface area contributed by atoms with Crippen molar-refractivity contribution in [3.05, 3.63) is 100 Å². The number of carbonyl (C=O) groups is 1. The van der Waals surface area contributed by atoms with Crippen molar-refractivity contribution < 1.29 is 14.5 Å². The molecular formula is C22H17N3O4. The molecule has 0 spiro atoms. The molecule has 7 heteroatoms. The zero-order valence-corrected chi connectivity index (χ0v) is 15.6. The van der Waals surface area contributed by atoms with Gasteiger partial charge in [0.25, 0.3) is 5.69 Å². The Morgan fingerprint density at radius 1 is 0.931 bits per heavy atom. The van der Waals surface area contributed by atoms with Gasteiger partial charge in [0.2, 0.25) is 18.0 Å². The number of hydrazone groups is 1. The van der Waals surface area contributed by atoms with Gasteiger partial charge in [0, 0.05) is 18.6 Å². The molecule has 0 N–H and O–H groups in total. The van der Waals surface area contributed by atoms with E-state index in [1.165, 1.54) is 13.0 Å². The van der Waals surface area contributed by atoms with E-state index in [0.717, 1.165) is 16.1 Å².